The number of guanidine groups is 1. The molecule has 154 valence electrons. The molecule has 1 saturated carbocycles. The zero-order chi connectivity index (χ0) is 18.9. The zero-order valence-corrected chi connectivity index (χ0v) is 19.5. The second kappa shape index (κ2) is 12.4. The predicted molar refractivity (Wildman–Crippen MR) is 123 cm³/mol. The van der Waals surface area contributed by atoms with E-state index in [9.17, 15) is 9.32 Å². The van der Waals surface area contributed by atoms with Crippen LogP contribution in [0.5, 0.6) is 11.5 Å². The topological polar surface area (TPSA) is 83.0 Å². The third-order valence-electron chi connectivity index (χ3n) is 4.68. The molecule has 3 N–H and O–H groups in total. The summed E-state index contributed by atoms with van der Waals surface area (Å²) in [6, 6.07) is 5.68. The van der Waals surface area contributed by atoms with E-state index < -0.39 is 10.8 Å². The van der Waals surface area contributed by atoms with Crippen LogP contribution in [0.25, 0.3) is 0 Å². The quantitative estimate of drug-likeness (QED) is 0.299. The highest BCUT2D eigenvalue weighted by molar-refractivity contribution is 14.0. The third-order valence-corrected chi connectivity index (χ3v) is 6.42. The van der Waals surface area contributed by atoms with Crippen molar-refractivity contribution < 1.29 is 14.1 Å². The lowest BCUT2D eigenvalue weighted by Crippen LogP contribution is -2.46. The van der Waals surface area contributed by atoms with E-state index in [4.69, 9.17) is 4.74 Å². The molecule has 6 nitrogen and oxygen atoms in total. The average molecular weight is 509 g/mol. The average Bonchev–Trinajstić information content (AvgIpc) is 2.66. The molecule has 1 aliphatic rings. The van der Waals surface area contributed by atoms with Crippen LogP contribution in [0.4, 0.5) is 0 Å². The van der Waals surface area contributed by atoms with Gasteiger partial charge < -0.3 is 20.5 Å². The van der Waals surface area contributed by atoms with Crippen molar-refractivity contribution in [3.05, 3.63) is 23.8 Å². The number of hydrogen-bond donors (Lipinski definition) is 3. The Bertz CT molecular complexity index is 643. The van der Waals surface area contributed by atoms with Crippen LogP contribution in [0.1, 0.15) is 45.1 Å². The Morgan fingerprint density at radius 3 is 2.81 bits per heavy atom. The summed E-state index contributed by atoms with van der Waals surface area (Å²) in [5.74, 6) is 2.03. The molecule has 3 atom stereocenters. The van der Waals surface area contributed by atoms with Crippen molar-refractivity contribution >= 4 is 40.7 Å². The van der Waals surface area contributed by atoms with Crippen LogP contribution in [0, 0.1) is 0 Å². The zero-order valence-electron chi connectivity index (χ0n) is 16.4. The maximum Gasteiger partial charge on any atom is 0.191 e. The van der Waals surface area contributed by atoms with Gasteiger partial charge in [0, 0.05) is 40.0 Å². The predicted octanol–water partition coefficient (Wildman–Crippen LogP) is 3.15. The number of phenols is 1. The number of aromatic hydroxyl groups is 1. The number of benzene rings is 1. The summed E-state index contributed by atoms with van der Waals surface area (Å²) >= 11 is 0. The van der Waals surface area contributed by atoms with Gasteiger partial charge in [0.2, 0.25) is 0 Å². The van der Waals surface area contributed by atoms with Crippen molar-refractivity contribution in [1.82, 2.24) is 10.6 Å². The SMILES string of the molecule is CCNC(=NCc1cccc(OC)c1O)NC1CCCC(S(=O)CC)C1.I. The summed E-state index contributed by atoms with van der Waals surface area (Å²) in [5.41, 5.74) is 0.718. The molecule has 0 bridgehead atoms. The number of rotatable bonds is 7. The minimum atomic E-state index is -0.740. The number of hydrogen-bond acceptors (Lipinski definition) is 4. The second-order valence-corrected chi connectivity index (χ2v) is 8.47. The fourth-order valence-electron chi connectivity index (χ4n) is 3.29. The van der Waals surface area contributed by atoms with Gasteiger partial charge in [-0.1, -0.05) is 25.5 Å². The fourth-order valence-corrected chi connectivity index (χ4v) is 4.64. The van der Waals surface area contributed by atoms with Crippen molar-refractivity contribution in [2.24, 2.45) is 4.99 Å². The first-order valence-corrected chi connectivity index (χ1v) is 10.7. The van der Waals surface area contributed by atoms with Gasteiger partial charge in [-0.05, 0) is 32.3 Å². The molecule has 1 aromatic rings. The van der Waals surface area contributed by atoms with E-state index in [1.807, 2.05) is 26.0 Å². The van der Waals surface area contributed by atoms with E-state index in [0.29, 0.717) is 12.3 Å². The Balaban J connectivity index is 0.00000364. The minimum absolute atomic E-state index is 0. The van der Waals surface area contributed by atoms with E-state index in [1.165, 1.54) is 7.11 Å². The number of nitrogens with one attached hydrogen (secondary N) is 2. The first-order valence-electron chi connectivity index (χ1n) is 9.35. The lowest BCUT2D eigenvalue weighted by Gasteiger charge is -2.30. The summed E-state index contributed by atoms with van der Waals surface area (Å²) in [7, 11) is 0.795. The molecule has 0 aromatic heterocycles. The monoisotopic (exact) mass is 509 g/mol. The lowest BCUT2D eigenvalue weighted by atomic mass is 9.95. The molecule has 1 fully saturated rings. The summed E-state index contributed by atoms with van der Waals surface area (Å²) < 4.78 is 17.3. The van der Waals surface area contributed by atoms with Crippen molar-refractivity contribution in [2.45, 2.75) is 57.4 Å². The molecule has 1 aliphatic carbocycles. The van der Waals surface area contributed by atoms with Crippen LogP contribution in [0.2, 0.25) is 0 Å². The molecule has 0 heterocycles. The fraction of sp³-hybridized carbons (Fsp3) is 0.632. The van der Waals surface area contributed by atoms with Gasteiger partial charge in [-0.2, -0.15) is 0 Å². The number of para-hydroxylation sites is 1. The van der Waals surface area contributed by atoms with Gasteiger partial charge >= 0.3 is 0 Å². The summed E-state index contributed by atoms with van der Waals surface area (Å²) in [6.45, 7) is 5.12. The van der Waals surface area contributed by atoms with Gasteiger partial charge in [0.15, 0.2) is 17.5 Å². The Hall–Kier alpha value is -1.03. The largest absolute Gasteiger partial charge is 0.504 e. The lowest BCUT2D eigenvalue weighted by molar-refractivity contribution is 0.370. The summed E-state index contributed by atoms with van der Waals surface area (Å²) in [5, 5.41) is 17.2. The van der Waals surface area contributed by atoms with Crippen LogP contribution in [-0.4, -0.2) is 46.0 Å². The van der Waals surface area contributed by atoms with Crippen LogP contribution in [-0.2, 0) is 17.3 Å². The number of methoxy groups -OCH3 is 1. The van der Waals surface area contributed by atoms with Crippen molar-refractivity contribution in [1.29, 1.82) is 0 Å². The Morgan fingerprint density at radius 2 is 2.15 bits per heavy atom. The van der Waals surface area contributed by atoms with Crippen molar-refractivity contribution in [3.63, 3.8) is 0 Å². The number of nitrogens with zero attached hydrogens (tertiary/aromatic N) is 1. The van der Waals surface area contributed by atoms with Gasteiger partial charge in [-0.15, -0.1) is 24.0 Å². The maximum absolute atomic E-state index is 12.1. The van der Waals surface area contributed by atoms with Crippen molar-refractivity contribution in [3.8, 4) is 11.5 Å². The molecular formula is C19H32IN3O3S. The van der Waals surface area contributed by atoms with Crippen molar-refractivity contribution in [2.75, 3.05) is 19.4 Å². The van der Waals surface area contributed by atoms with Gasteiger partial charge in [-0.3, -0.25) is 4.21 Å². The Morgan fingerprint density at radius 1 is 1.37 bits per heavy atom. The molecule has 0 spiro atoms. The molecule has 1 aromatic carbocycles. The van der Waals surface area contributed by atoms with Gasteiger partial charge in [0.05, 0.1) is 13.7 Å². The van der Waals surface area contributed by atoms with E-state index >= 15 is 0 Å². The standard InChI is InChI=1S/C19H31N3O3S.HI/c1-4-20-19(21-13-14-8-6-11-17(25-3)18(14)23)22-15-9-7-10-16(12-15)26(24)5-2;/h6,8,11,15-16,23H,4-5,7,9-10,12-13H2,1-3H3,(H2,20,21,22);1H. The van der Waals surface area contributed by atoms with E-state index in [1.54, 1.807) is 6.07 Å². The number of aliphatic imine (C=N–C) groups is 1. The first-order chi connectivity index (χ1) is 12.6. The molecule has 8 heteroatoms. The smallest absolute Gasteiger partial charge is 0.191 e. The Labute approximate surface area is 182 Å². The normalized spacial score (nSPS) is 21.1. The molecular weight excluding hydrogens is 477 g/mol. The van der Waals surface area contributed by atoms with Gasteiger partial charge in [0.1, 0.15) is 0 Å². The number of ether oxygens (including phenoxy) is 1. The minimum Gasteiger partial charge on any atom is -0.504 e. The molecule has 0 aliphatic heterocycles. The van der Waals surface area contributed by atoms with Gasteiger partial charge in [0.25, 0.3) is 0 Å². The first kappa shape index (κ1) is 24.0. The second-order valence-electron chi connectivity index (χ2n) is 6.46. The molecule has 0 radical (unpaired) electrons. The third kappa shape index (κ3) is 7.14. The summed E-state index contributed by atoms with van der Waals surface area (Å²) in [4.78, 5) is 4.61. The highest BCUT2D eigenvalue weighted by atomic mass is 127. The Kier molecular flexibility index (Phi) is 11.1. The molecule has 0 amide bonds. The highest BCUT2D eigenvalue weighted by Crippen LogP contribution is 2.29. The summed E-state index contributed by atoms with van der Waals surface area (Å²) in [6.07, 6.45) is 4.11. The molecule has 27 heavy (non-hydrogen) atoms. The molecule has 0 saturated heterocycles. The highest BCUT2D eigenvalue weighted by Gasteiger charge is 2.26. The van der Waals surface area contributed by atoms with Crippen LogP contribution in [0.3, 0.4) is 0 Å². The molecule has 3 unspecified atom stereocenters. The number of halogens is 1. The van der Waals surface area contributed by atoms with Gasteiger partial charge in [-0.25, -0.2) is 4.99 Å². The van der Waals surface area contributed by atoms with Crippen LogP contribution >= 0.6 is 24.0 Å². The number of phenolic OH excluding ortho intramolecular Hbond substituents is 1. The van der Waals surface area contributed by atoms with Crippen LogP contribution < -0.4 is 15.4 Å². The van der Waals surface area contributed by atoms with E-state index in [-0.39, 0.29) is 41.0 Å². The molecule has 2 rings (SSSR count). The van der Waals surface area contributed by atoms with E-state index in [2.05, 4.69) is 15.6 Å². The van der Waals surface area contributed by atoms with Crippen LogP contribution in [0.15, 0.2) is 23.2 Å². The maximum atomic E-state index is 12.1. The van der Waals surface area contributed by atoms with E-state index in [0.717, 1.165) is 49.5 Å².